The minimum atomic E-state index is -0.271. The Kier molecular flexibility index (Phi) is 4.01. The number of hydrogen-bond acceptors (Lipinski definition) is 3. The molecule has 5 nitrogen and oxygen atoms in total. The van der Waals surface area contributed by atoms with E-state index < -0.39 is 0 Å². The Labute approximate surface area is 140 Å². The van der Waals surface area contributed by atoms with Crippen molar-refractivity contribution in [2.75, 3.05) is 0 Å². The molecule has 0 radical (unpaired) electrons. The number of carbonyl (C=O) groups is 1. The molecule has 0 saturated heterocycles. The third-order valence-corrected chi connectivity index (χ3v) is 4.94. The molecule has 0 bridgehead atoms. The average Bonchev–Trinajstić information content (AvgIpc) is 3.05. The van der Waals surface area contributed by atoms with Crippen molar-refractivity contribution in [2.24, 2.45) is 12.0 Å². The number of aromatic nitrogens is 3. The van der Waals surface area contributed by atoms with E-state index in [0.717, 1.165) is 14.7 Å². The largest absolute Gasteiger partial charge is 0.319 e. The summed E-state index contributed by atoms with van der Waals surface area (Å²) in [7, 11) is 1.92. The molecule has 0 saturated carbocycles. The summed E-state index contributed by atoms with van der Waals surface area (Å²) in [5, 5.41) is 4.18. The molecule has 0 unspecified atom stereocenters. The van der Waals surface area contributed by atoms with E-state index >= 15 is 0 Å². The molecular formula is C15H15BrN4OS. The first kappa shape index (κ1) is 15.2. The number of rotatable bonds is 2. The molecule has 3 aromatic rings. The Balaban J connectivity index is 2.10. The smallest absolute Gasteiger partial charge is 0.297 e. The number of aryl methyl sites for hydroxylation is 1. The lowest BCUT2D eigenvalue weighted by Gasteiger charge is -2.07. The van der Waals surface area contributed by atoms with E-state index in [-0.39, 0.29) is 11.9 Å². The van der Waals surface area contributed by atoms with Crippen molar-refractivity contribution in [3.63, 3.8) is 0 Å². The van der Waals surface area contributed by atoms with Gasteiger partial charge in [-0.15, -0.1) is 0 Å². The quantitative estimate of drug-likeness (QED) is 0.684. The predicted molar refractivity (Wildman–Crippen MR) is 91.0 cm³/mol. The van der Waals surface area contributed by atoms with E-state index in [0.29, 0.717) is 10.5 Å². The number of fused-ring (bicyclic) bond motifs is 1. The van der Waals surface area contributed by atoms with Crippen molar-refractivity contribution in [3.05, 3.63) is 45.4 Å². The Morgan fingerprint density at radius 2 is 2.14 bits per heavy atom. The third kappa shape index (κ3) is 2.66. The summed E-state index contributed by atoms with van der Waals surface area (Å²) < 4.78 is 5.72. The Morgan fingerprint density at radius 3 is 2.86 bits per heavy atom. The van der Waals surface area contributed by atoms with Crippen LogP contribution in [0.1, 0.15) is 30.4 Å². The molecule has 114 valence electrons. The molecule has 2 heterocycles. The third-order valence-electron chi connectivity index (χ3n) is 3.35. The van der Waals surface area contributed by atoms with Gasteiger partial charge in [0.15, 0.2) is 4.80 Å². The van der Waals surface area contributed by atoms with E-state index in [2.05, 4.69) is 26.0 Å². The Morgan fingerprint density at radius 1 is 1.36 bits per heavy atom. The van der Waals surface area contributed by atoms with Gasteiger partial charge >= 0.3 is 0 Å². The van der Waals surface area contributed by atoms with Crippen LogP contribution in [0, 0.1) is 0 Å². The summed E-state index contributed by atoms with van der Waals surface area (Å²) in [5.74, 6) is -0.271. The zero-order chi connectivity index (χ0) is 15.9. The van der Waals surface area contributed by atoms with Crippen molar-refractivity contribution < 1.29 is 4.79 Å². The van der Waals surface area contributed by atoms with Crippen LogP contribution in [0.3, 0.4) is 0 Å². The Hall–Kier alpha value is -1.73. The molecule has 0 fully saturated rings. The van der Waals surface area contributed by atoms with E-state index in [1.165, 1.54) is 11.3 Å². The first-order chi connectivity index (χ1) is 10.5. The van der Waals surface area contributed by atoms with Gasteiger partial charge in [0.2, 0.25) is 0 Å². The molecule has 0 spiro atoms. The topological polar surface area (TPSA) is 52.2 Å². The van der Waals surface area contributed by atoms with E-state index in [1.807, 2.05) is 43.7 Å². The zero-order valence-corrected chi connectivity index (χ0v) is 14.8. The average molecular weight is 379 g/mol. The SMILES string of the molecule is CC(C)n1nccc1C(=O)N=c1sc2cc(Br)ccc2n1C. The number of nitrogens with zero attached hydrogens (tertiary/aromatic N) is 4. The number of halogens is 1. The molecule has 7 heteroatoms. The summed E-state index contributed by atoms with van der Waals surface area (Å²) in [6, 6.07) is 7.85. The minimum Gasteiger partial charge on any atom is -0.319 e. The number of carbonyl (C=O) groups excluding carboxylic acids is 1. The van der Waals surface area contributed by atoms with Gasteiger partial charge in [-0.05, 0) is 38.1 Å². The molecule has 22 heavy (non-hydrogen) atoms. The number of hydrogen-bond donors (Lipinski definition) is 0. The fourth-order valence-corrected chi connectivity index (χ4v) is 3.82. The predicted octanol–water partition coefficient (Wildman–Crippen LogP) is 3.52. The summed E-state index contributed by atoms with van der Waals surface area (Å²) in [4.78, 5) is 17.4. The highest BCUT2D eigenvalue weighted by molar-refractivity contribution is 9.10. The lowest BCUT2D eigenvalue weighted by atomic mass is 10.3. The van der Waals surface area contributed by atoms with E-state index in [9.17, 15) is 4.79 Å². The van der Waals surface area contributed by atoms with Crippen LogP contribution in [0.4, 0.5) is 0 Å². The zero-order valence-electron chi connectivity index (χ0n) is 12.4. The van der Waals surface area contributed by atoms with Crippen molar-refractivity contribution >= 4 is 43.4 Å². The maximum absolute atomic E-state index is 12.5. The molecule has 3 rings (SSSR count). The highest BCUT2D eigenvalue weighted by Crippen LogP contribution is 2.21. The molecule has 1 aromatic carbocycles. The van der Waals surface area contributed by atoms with Gasteiger partial charge in [-0.1, -0.05) is 27.3 Å². The number of benzene rings is 1. The lowest BCUT2D eigenvalue weighted by Crippen LogP contribution is -2.16. The normalized spacial score (nSPS) is 12.5. The molecule has 0 aliphatic rings. The van der Waals surface area contributed by atoms with Gasteiger partial charge < -0.3 is 4.57 Å². The second-order valence-corrected chi connectivity index (χ2v) is 7.15. The van der Waals surface area contributed by atoms with Crippen LogP contribution in [-0.2, 0) is 7.05 Å². The molecule has 0 aliphatic carbocycles. The second kappa shape index (κ2) is 5.81. The first-order valence-corrected chi connectivity index (χ1v) is 8.46. The fourth-order valence-electron chi connectivity index (χ4n) is 2.25. The molecule has 1 amide bonds. The summed E-state index contributed by atoms with van der Waals surface area (Å²) >= 11 is 4.96. The highest BCUT2D eigenvalue weighted by atomic mass is 79.9. The number of thiazole rings is 1. The molecule has 0 aliphatic heterocycles. The van der Waals surface area contributed by atoms with Gasteiger partial charge in [-0.3, -0.25) is 9.48 Å². The van der Waals surface area contributed by atoms with Gasteiger partial charge in [0.25, 0.3) is 5.91 Å². The molecule has 0 N–H and O–H groups in total. The van der Waals surface area contributed by atoms with Crippen LogP contribution >= 0.6 is 27.3 Å². The standard InChI is InChI=1S/C15H15BrN4OS/c1-9(2)20-12(6-7-17-20)14(21)18-15-19(3)11-5-4-10(16)8-13(11)22-15/h4-9H,1-3H3. The van der Waals surface area contributed by atoms with Gasteiger partial charge in [-0.2, -0.15) is 10.1 Å². The van der Waals surface area contributed by atoms with Crippen molar-refractivity contribution in [1.29, 1.82) is 0 Å². The molecule has 2 aromatic heterocycles. The van der Waals surface area contributed by atoms with Crippen molar-refractivity contribution in [2.45, 2.75) is 19.9 Å². The summed E-state index contributed by atoms with van der Waals surface area (Å²) in [6.45, 7) is 3.97. The highest BCUT2D eigenvalue weighted by Gasteiger charge is 2.14. The lowest BCUT2D eigenvalue weighted by molar-refractivity contribution is 0.0986. The number of amides is 1. The van der Waals surface area contributed by atoms with Gasteiger partial charge in [-0.25, -0.2) is 0 Å². The molecule has 0 atom stereocenters. The maximum Gasteiger partial charge on any atom is 0.297 e. The van der Waals surface area contributed by atoms with Gasteiger partial charge in [0.1, 0.15) is 5.69 Å². The Bertz CT molecular complexity index is 919. The van der Waals surface area contributed by atoms with Crippen LogP contribution < -0.4 is 4.80 Å². The van der Waals surface area contributed by atoms with Crippen molar-refractivity contribution in [3.8, 4) is 0 Å². The minimum absolute atomic E-state index is 0.122. The van der Waals surface area contributed by atoms with Crippen LogP contribution in [-0.4, -0.2) is 20.3 Å². The van der Waals surface area contributed by atoms with Gasteiger partial charge in [0.05, 0.1) is 10.2 Å². The monoisotopic (exact) mass is 378 g/mol. The van der Waals surface area contributed by atoms with Crippen LogP contribution in [0.5, 0.6) is 0 Å². The summed E-state index contributed by atoms with van der Waals surface area (Å²) in [6.07, 6.45) is 1.63. The van der Waals surface area contributed by atoms with Gasteiger partial charge in [0, 0.05) is 23.8 Å². The molecular weight excluding hydrogens is 364 g/mol. The summed E-state index contributed by atoms with van der Waals surface area (Å²) in [5.41, 5.74) is 1.56. The van der Waals surface area contributed by atoms with Crippen LogP contribution in [0.25, 0.3) is 10.2 Å². The van der Waals surface area contributed by atoms with Crippen molar-refractivity contribution in [1.82, 2.24) is 14.3 Å². The second-order valence-electron chi connectivity index (χ2n) is 5.23. The maximum atomic E-state index is 12.5. The fraction of sp³-hybridized carbons (Fsp3) is 0.267. The van der Waals surface area contributed by atoms with Crippen LogP contribution in [0.2, 0.25) is 0 Å². The van der Waals surface area contributed by atoms with E-state index in [4.69, 9.17) is 0 Å². The first-order valence-electron chi connectivity index (χ1n) is 6.85. The van der Waals surface area contributed by atoms with E-state index in [1.54, 1.807) is 16.9 Å². The van der Waals surface area contributed by atoms with Crippen LogP contribution in [0.15, 0.2) is 39.9 Å².